The zero-order chi connectivity index (χ0) is 20.7. The van der Waals surface area contributed by atoms with Crippen LogP contribution in [0, 0.1) is 12.7 Å². The average Bonchev–Trinajstić information content (AvgIpc) is 2.63. The first-order valence-electron chi connectivity index (χ1n) is 9.33. The SMILES string of the molecule is CCC[C@H](C)NC(=O)CN(Cc1ccccc1F)S(=O)(=O)c1ccc(C)cc1. The third-order valence-corrected chi connectivity index (χ3v) is 6.22. The van der Waals surface area contributed by atoms with Gasteiger partial charge in [0.15, 0.2) is 0 Å². The standard InChI is InChI=1S/C21H27FN2O3S/c1-4-7-17(3)23-21(25)15-24(14-18-8-5-6-9-20(18)22)28(26,27)19-12-10-16(2)11-13-19/h5-6,8-13,17H,4,7,14-15H2,1-3H3,(H,23,25)/t17-/m0/s1. The summed E-state index contributed by atoms with van der Waals surface area (Å²) in [6.07, 6.45) is 1.70. The third-order valence-electron chi connectivity index (χ3n) is 4.41. The van der Waals surface area contributed by atoms with E-state index in [4.69, 9.17) is 0 Å². The van der Waals surface area contributed by atoms with Crippen LogP contribution in [0.4, 0.5) is 4.39 Å². The fraction of sp³-hybridized carbons (Fsp3) is 0.381. The maximum atomic E-state index is 14.1. The molecule has 0 fully saturated rings. The van der Waals surface area contributed by atoms with Crippen LogP contribution in [0.1, 0.15) is 37.8 Å². The van der Waals surface area contributed by atoms with Crippen molar-refractivity contribution in [1.29, 1.82) is 0 Å². The molecule has 1 N–H and O–H groups in total. The highest BCUT2D eigenvalue weighted by atomic mass is 32.2. The zero-order valence-electron chi connectivity index (χ0n) is 16.5. The van der Waals surface area contributed by atoms with Crippen molar-refractivity contribution >= 4 is 15.9 Å². The lowest BCUT2D eigenvalue weighted by molar-refractivity contribution is -0.122. The van der Waals surface area contributed by atoms with Gasteiger partial charge < -0.3 is 5.32 Å². The first kappa shape index (κ1) is 22.0. The lowest BCUT2D eigenvalue weighted by atomic mass is 10.2. The molecular formula is C21H27FN2O3S. The molecule has 1 amide bonds. The van der Waals surface area contributed by atoms with Crippen molar-refractivity contribution in [1.82, 2.24) is 9.62 Å². The van der Waals surface area contributed by atoms with Crippen molar-refractivity contribution in [2.45, 2.75) is 51.1 Å². The molecule has 0 bridgehead atoms. The van der Waals surface area contributed by atoms with Gasteiger partial charge in [-0.15, -0.1) is 0 Å². The van der Waals surface area contributed by atoms with E-state index in [9.17, 15) is 17.6 Å². The average molecular weight is 407 g/mol. The number of carbonyl (C=O) groups excluding carboxylic acids is 1. The summed E-state index contributed by atoms with van der Waals surface area (Å²) in [6, 6.07) is 12.3. The second-order valence-electron chi connectivity index (χ2n) is 6.93. The fourth-order valence-electron chi connectivity index (χ4n) is 2.89. The van der Waals surface area contributed by atoms with Gasteiger partial charge in [0, 0.05) is 18.2 Å². The Bertz CT molecular complexity index is 898. The molecule has 2 aromatic carbocycles. The van der Waals surface area contributed by atoms with E-state index in [0.29, 0.717) is 0 Å². The Morgan fingerprint density at radius 2 is 1.79 bits per heavy atom. The van der Waals surface area contributed by atoms with Crippen LogP contribution in [-0.2, 0) is 21.4 Å². The van der Waals surface area contributed by atoms with Gasteiger partial charge in [-0.3, -0.25) is 4.79 Å². The predicted octanol–water partition coefficient (Wildman–Crippen LogP) is 3.63. The van der Waals surface area contributed by atoms with E-state index in [1.54, 1.807) is 18.2 Å². The second-order valence-corrected chi connectivity index (χ2v) is 8.87. The molecule has 5 nitrogen and oxygen atoms in total. The molecule has 7 heteroatoms. The lowest BCUT2D eigenvalue weighted by Gasteiger charge is -2.23. The van der Waals surface area contributed by atoms with E-state index in [0.717, 1.165) is 22.7 Å². The number of amides is 1. The van der Waals surface area contributed by atoms with Gasteiger partial charge in [-0.2, -0.15) is 4.31 Å². The van der Waals surface area contributed by atoms with Crippen molar-refractivity contribution in [3.05, 3.63) is 65.5 Å². The Morgan fingerprint density at radius 3 is 2.39 bits per heavy atom. The molecule has 0 heterocycles. The first-order chi connectivity index (χ1) is 13.2. The fourth-order valence-corrected chi connectivity index (χ4v) is 4.26. The second kappa shape index (κ2) is 9.80. The topological polar surface area (TPSA) is 66.5 Å². The summed E-state index contributed by atoms with van der Waals surface area (Å²) in [7, 11) is -3.97. The smallest absolute Gasteiger partial charge is 0.243 e. The molecule has 1 atom stereocenters. The van der Waals surface area contributed by atoms with E-state index in [-0.39, 0.29) is 29.6 Å². The highest BCUT2D eigenvalue weighted by molar-refractivity contribution is 7.89. The molecule has 0 radical (unpaired) electrons. The van der Waals surface area contributed by atoms with E-state index in [2.05, 4.69) is 5.32 Å². The number of benzene rings is 2. The Balaban J connectivity index is 2.31. The van der Waals surface area contributed by atoms with Gasteiger partial charge in [0.1, 0.15) is 5.82 Å². The van der Waals surface area contributed by atoms with Crippen LogP contribution in [0.25, 0.3) is 0 Å². The van der Waals surface area contributed by atoms with Gasteiger partial charge in [0.05, 0.1) is 11.4 Å². The molecule has 0 spiro atoms. The molecule has 0 aliphatic rings. The normalized spacial score (nSPS) is 12.8. The number of hydrogen-bond donors (Lipinski definition) is 1. The molecule has 0 saturated heterocycles. The van der Waals surface area contributed by atoms with Crippen LogP contribution in [0.2, 0.25) is 0 Å². The number of carbonyl (C=O) groups is 1. The summed E-state index contributed by atoms with van der Waals surface area (Å²) in [5.74, 6) is -0.917. The first-order valence-corrected chi connectivity index (χ1v) is 10.8. The molecule has 0 aliphatic heterocycles. The van der Waals surface area contributed by atoms with Gasteiger partial charge in [0.25, 0.3) is 0 Å². The molecule has 0 aliphatic carbocycles. The van der Waals surface area contributed by atoms with E-state index in [1.165, 1.54) is 30.3 Å². The van der Waals surface area contributed by atoms with E-state index >= 15 is 0 Å². The maximum Gasteiger partial charge on any atom is 0.243 e. The number of nitrogens with one attached hydrogen (secondary N) is 1. The van der Waals surface area contributed by atoms with E-state index < -0.39 is 21.7 Å². The van der Waals surface area contributed by atoms with Crippen molar-refractivity contribution in [3.8, 4) is 0 Å². The lowest BCUT2D eigenvalue weighted by Crippen LogP contribution is -2.43. The monoisotopic (exact) mass is 406 g/mol. The number of halogens is 1. The Hall–Kier alpha value is -2.25. The third kappa shape index (κ3) is 5.87. The molecule has 0 aromatic heterocycles. The van der Waals surface area contributed by atoms with Crippen LogP contribution in [0.15, 0.2) is 53.4 Å². The Kier molecular flexibility index (Phi) is 7.71. The van der Waals surface area contributed by atoms with Crippen LogP contribution in [0.3, 0.4) is 0 Å². The highest BCUT2D eigenvalue weighted by Crippen LogP contribution is 2.20. The van der Waals surface area contributed by atoms with E-state index in [1.807, 2.05) is 20.8 Å². The quantitative estimate of drug-likeness (QED) is 0.692. The van der Waals surface area contributed by atoms with Crippen LogP contribution in [0.5, 0.6) is 0 Å². The van der Waals surface area contributed by atoms with Crippen molar-refractivity contribution in [3.63, 3.8) is 0 Å². The van der Waals surface area contributed by atoms with Crippen LogP contribution in [-0.4, -0.2) is 31.2 Å². The van der Waals surface area contributed by atoms with Crippen molar-refractivity contribution in [2.75, 3.05) is 6.54 Å². The zero-order valence-corrected chi connectivity index (χ0v) is 17.3. The molecule has 2 rings (SSSR count). The molecule has 0 unspecified atom stereocenters. The molecular weight excluding hydrogens is 379 g/mol. The summed E-state index contributed by atoms with van der Waals surface area (Å²) in [5, 5.41) is 2.81. The molecule has 152 valence electrons. The summed E-state index contributed by atoms with van der Waals surface area (Å²) in [5.41, 5.74) is 1.14. The van der Waals surface area contributed by atoms with Gasteiger partial charge >= 0.3 is 0 Å². The summed E-state index contributed by atoms with van der Waals surface area (Å²) < 4.78 is 41.4. The molecule has 28 heavy (non-hydrogen) atoms. The minimum absolute atomic E-state index is 0.0603. The molecule has 2 aromatic rings. The minimum Gasteiger partial charge on any atom is -0.353 e. The number of aryl methyl sites for hydroxylation is 1. The van der Waals surface area contributed by atoms with Gasteiger partial charge in [-0.1, -0.05) is 49.2 Å². The maximum absolute atomic E-state index is 14.1. The summed E-state index contributed by atoms with van der Waals surface area (Å²) >= 11 is 0. The van der Waals surface area contributed by atoms with Crippen LogP contribution < -0.4 is 5.32 Å². The number of hydrogen-bond acceptors (Lipinski definition) is 3. The number of nitrogens with zero attached hydrogens (tertiary/aromatic N) is 1. The predicted molar refractivity (Wildman–Crippen MR) is 108 cm³/mol. The Labute approximate surface area is 166 Å². The highest BCUT2D eigenvalue weighted by Gasteiger charge is 2.28. The summed E-state index contributed by atoms with van der Waals surface area (Å²) in [4.78, 5) is 12.5. The van der Waals surface area contributed by atoms with Gasteiger partial charge in [0.2, 0.25) is 15.9 Å². The number of rotatable bonds is 9. The number of sulfonamides is 1. The largest absolute Gasteiger partial charge is 0.353 e. The Morgan fingerprint density at radius 1 is 1.14 bits per heavy atom. The molecule has 0 saturated carbocycles. The van der Waals surface area contributed by atoms with Gasteiger partial charge in [-0.05, 0) is 38.5 Å². The van der Waals surface area contributed by atoms with Crippen molar-refractivity contribution in [2.24, 2.45) is 0 Å². The van der Waals surface area contributed by atoms with Crippen molar-refractivity contribution < 1.29 is 17.6 Å². The van der Waals surface area contributed by atoms with Crippen LogP contribution >= 0.6 is 0 Å². The minimum atomic E-state index is -3.97. The van der Waals surface area contributed by atoms with Gasteiger partial charge in [-0.25, -0.2) is 12.8 Å². The summed E-state index contributed by atoms with van der Waals surface area (Å²) in [6.45, 7) is 5.14.